The summed E-state index contributed by atoms with van der Waals surface area (Å²) in [6, 6.07) is 5.12. The van der Waals surface area contributed by atoms with Crippen molar-refractivity contribution in [2.75, 3.05) is 12.4 Å². The van der Waals surface area contributed by atoms with Gasteiger partial charge in [-0.25, -0.2) is 19.7 Å². The van der Waals surface area contributed by atoms with Crippen molar-refractivity contribution in [3.8, 4) is 0 Å². The number of anilines is 1. The summed E-state index contributed by atoms with van der Waals surface area (Å²) in [5, 5.41) is 3.04. The van der Waals surface area contributed by atoms with E-state index in [1.807, 2.05) is 0 Å². The second-order valence-electron chi connectivity index (χ2n) is 3.45. The summed E-state index contributed by atoms with van der Waals surface area (Å²) < 4.78 is 4.68. The molecule has 0 amide bonds. The van der Waals surface area contributed by atoms with E-state index in [1.54, 1.807) is 30.6 Å². The molecule has 1 N–H and O–H groups in total. The van der Waals surface area contributed by atoms with Crippen LogP contribution in [0.2, 0.25) is 0 Å². The van der Waals surface area contributed by atoms with E-state index in [2.05, 4.69) is 25.0 Å². The maximum atomic E-state index is 11.5. The van der Waals surface area contributed by atoms with Gasteiger partial charge < -0.3 is 10.1 Å². The molecule has 92 valence electrons. The average molecular weight is 244 g/mol. The number of rotatable bonds is 4. The van der Waals surface area contributed by atoms with Crippen molar-refractivity contribution < 1.29 is 9.53 Å². The largest absolute Gasteiger partial charge is 0.465 e. The van der Waals surface area contributed by atoms with Crippen LogP contribution in [0.5, 0.6) is 0 Å². The third kappa shape index (κ3) is 2.79. The summed E-state index contributed by atoms with van der Waals surface area (Å²) in [5.74, 6) is 0.0521. The maximum absolute atomic E-state index is 11.5. The van der Waals surface area contributed by atoms with Crippen LogP contribution >= 0.6 is 0 Å². The Balaban J connectivity index is 2.12. The Morgan fingerprint density at radius 2 is 2.22 bits per heavy atom. The third-order valence-corrected chi connectivity index (χ3v) is 2.29. The first-order valence-electron chi connectivity index (χ1n) is 5.33. The Bertz CT molecular complexity index is 531. The molecule has 6 nitrogen and oxygen atoms in total. The SMILES string of the molecule is COC(=O)c1cccnc1NCc1ccncn1. The molecule has 0 spiro atoms. The molecule has 6 heteroatoms. The fourth-order valence-corrected chi connectivity index (χ4v) is 1.42. The molecule has 0 aliphatic rings. The van der Waals surface area contributed by atoms with Crippen LogP contribution < -0.4 is 5.32 Å². The van der Waals surface area contributed by atoms with Crippen LogP contribution in [0.4, 0.5) is 5.82 Å². The van der Waals surface area contributed by atoms with Gasteiger partial charge in [0.1, 0.15) is 17.7 Å². The highest BCUT2D eigenvalue weighted by molar-refractivity contribution is 5.94. The standard InChI is InChI=1S/C12H12N4O2/c1-18-12(17)10-3-2-5-14-11(10)15-7-9-4-6-13-8-16-9/h2-6,8H,7H2,1H3,(H,14,15). The molecule has 0 aromatic carbocycles. The molecule has 18 heavy (non-hydrogen) atoms. The van der Waals surface area contributed by atoms with Gasteiger partial charge in [-0.2, -0.15) is 0 Å². The maximum Gasteiger partial charge on any atom is 0.341 e. The predicted octanol–water partition coefficient (Wildman–Crippen LogP) is 1.27. The summed E-state index contributed by atoms with van der Waals surface area (Å²) in [4.78, 5) is 23.5. The van der Waals surface area contributed by atoms with E-state index in [0.29, 0.717) is 17.9 Å². The molecule has 0 atom stereocenters. The fraction of sp³-hybridized carbons (Fsp3) is 0.167. The first kappa shape index (κ1) is 12.0. The number of esters is 1. The van der Waals surface area contributed by atoms with Crippen LogP contribution in [0, 0.1) is 0 Å². The van der Waals surface area contributed by atoms with Gasteiger partial charge in [-0.15, -0.1) is 0 Å². The summed E-state index contributed by atoms with van der Waals surface area (Å²) in [7, 11) is 1.34. The number of aromatic nitrogens is 3. The lowest BCUT2D eigenvalue weighted by atomic mass is 10.2. The van der Waals surface area contributed by atoms with Crippen molar-refractivity contribution in [1.29, 1.82) is 0 Å². The molecule has 0 unspecified atom stereocenters. The normalized spacial score (nSPS) is 9.83. The van der Waals surface area contributed by atoms with Crippen LogP contribution in [-0.4, -0.2) is 28.0 Å². The first-order valence-corrected chi connectivity index (χ1v) is 5.33. The van der Waals surface area contributed by atoms with Crippen molar-refractivity contribution >= 4 is 11.8 Å². The van der Waals surface area contributed by atoms with Gasteiger partial charge in [0.25, 0.3) is 0 Å². The molecule has 2 aromatic heterocycles. The first-order chi connectivity index (χ1) is 8.81. The van der Waals surface area contributed by atoms with Crippen molar-refractivity contribution in [3.63, 3.8) is 0 Å². The summed E-state index contributed by atoms with van der Waals surface area (Å²) >= 11 is 0. The van der Waals surface area contributed by atoms with Gasteiger partial charge in [-0.3, -0.25) is 0 Å². The topological polar surface area (TPSA) is 77.0 Å². The van der Waals surface area contributed by atoms with E-state index in [9.17, 15) is 4.79 Å². The van der Waals surface area contributed by atoms with Gasteiger partial charge in [0, 0.05) is 12.4 Å². The number of methoxy groups -OCH3 is 1. The minimum Gasteiger partial charge on any atom is -0.465 e. The summed E-state index contributed by atoms with van der Waals surface area (Å²) in [6.45, 7) is 0.462. The van der Waals surface area contributed by atoms with Gasteiger partial charge in [0.05, 0.1) is 19.3 Å². The molecular weight excluding hydrogens is 232 g/mol. The molecule has 0 radical (unpaired) electrons. The Morgan fingerprint density at radius 3 is 2.94 bits per heavy atom. The second kappa shape index (κ2) is 5.72. The molecule has 0 saturated heterocycles. The molecule has 2 rings (SSSR count). The Kier molecular flexibility index (Phi) is 3.80. The lowest BCUT2D eigenvalue weighted by Gasteiger charge is -2.08. The van der Waals surface area contributed by atoms with Crippen molar-refractivity contribution in [2.45, 2.75) is 6.54 Å². The minimum atomic E-state index is -0.423. The molecule has 0 saturated carbocycles. The number of hydrogen-bond donors (Lipinski definition) is 1. The highest BCUT2D eigenvalue weighted by Gasteiger charge is 2.11. The molecule has 0 aliphatic carbocycles. The van der Waals surface area contributed by atoms with Gasteiger partial charge in [-0.1, -0.05) is 0 Å². The Hall–Kier alpha value is -2.50. The van der Waals surface area contributed by atoms with Gasteiger partial charge in [-0.05, 0) is 18.2 Å². The van der Waals surface area contributed by atoms with Crippen molar-refractivity contribution in [3.05, 3.63) is 48.2 Å². The molecule has 0 bridgehead atoms. The van der Waals surface area contributed by atoms with Crippen molar-refractivity contribution in [2.24, 2.45) is 0 Å². The minimum absolute atomic E-state index is 0.397. The monoisotopic (exact) mass is 244 g/mol. The number of hydrogen-bond acceptors (Lipinski definition) is 6. The number of nitrogens with zero attached hydrogens (tertiary/aromatic N) is 3. The quantitative estimate of drug-likeness (QED) is 0.816. The van der Waals surface area contributed by atoms with Crippen LogP contribution in [-0.2, 0) is 11.3 Å². The highest BCUT2D eigenvalue weighted by atomic mass is 16.5. The smallest absolute Gasteiger partial charge is 0.341 e. The van der Waals surface area contributed by atoms with Crippen LogP contribution in [0.25, 0.3) is 0 Å². The van der Waals surface area contributed by atoms with Crippen molar-refractivity contribution in [1.82, 2.24) is 15.0 Å². The van der Waals surface area contributed by atoms with Gasteiger partial charge >= 0.3 is 5.97 Å². The lowest BCUT2D eigenvalue weighted by molar-refractivity contribution is 0.0601. The third-order valence-electron chi connectivity index (χ3n) is 2.29. The molecule has 0 fully saturated rings. The molecule has 2 heterocycles. The van der Waals surface area contributed by atoms with Gasteiger partial charge in [0.2, 0.25) is 0 Å². The second-order valence-corrected chi connectivity index (χ2v) is 3.45. The van der Waals surface area contributed by atoms with E-state index in [-0.39, 0.29) is 0 Å². The number of pyridine rings is 1. The van der Waals surface area contributed by atoms with E-state index >= 15 is 0 Å². The predicted molar refractivity (Wildman–Crippen MR) is 64.9 cm³/mol. The van der Waals surface area contributed by atoms with E-state index in [1.165, 1.54) is 13.4 Å². The lowest BCUT2D eigenvalue weighted by Crippen LogP contribution is -2.10. The zero-order valence-electron chi connectivity index (χ0n) is 9.83. The van der Waals surface area contributed by atoms with Gasteiger partial charge in [0.15, 0.2) is 0 Å². The average Bonchev–Trinajstić information content (AvgIpc) is 2.45. The number of carbonyl (C=O) groups is 1. The number of carbonyl (C=O) groups excluding carboxylic acids is 1. The Morgan fingerprint density at radius 1 is 1.33 bits per heavy atom. The number of ether oxygens (including phenoxy) is 1. The van der Waals surface area contributed by atoms with E-state index in [4.69, 9.17) is 0 Å². The highest BCUT2D eigenvalue weighted by Crippen LogP contribution is 2.13. The fourth-order valence-electron chi connectivity index (χ4n) is 1.42. The number of nitrogens with one attached hydrogen (secondary N) is 1. The van der Waals surface area contributed by atoms with E-state index in [0.717, 1.165) is 5.69 Å². The summed E-state index contributed by atoms with van der Waals surface area (Å²) in [6.07, 6.45) is 4.73. The molecule has 0 aliphatic heterocycles. The zero-order chi connectivity index (χ0) is 12.8. The molecular formula is C12H12N4O2. The summed E-state index contributed by atoms with van der Waals surface area (Å²) in [5.41, 5.74) is 1.21. The van der Waals surface area contributed by atoms with E-state index < -0.39 is 5.97 Å². The van der Waals surface area contributed by atoms with Crippen LogP contribution in [0.15, 0.2) is 36.9 Å². The van der Waals surface area contributed by atoms with Crippen LogP contribution in [0.1, 0.15) is 16.1 Å². The Labute approximate surface area is 104 Å². The van der Waals surface area contributed by atoms with Crippen LogP contribution in [0.3, 0.4) is 0 Å². The molecule has 2 aromatic rings. The zero-order valence-corrected chi connectivity index (χ0v) is 9.83.